The first-order chi connectivity index (χ1) is 20.3. The number of hydrogen-bond donors (Lipinski definition) is 0. The summed E-state index contributed by atoms with van der Waals surface area (Å²) in [6, 6.07) is 12.6. The molecule has 1 aromatic heterocycles. The number of methoxy groups -OCH3 is 3. The minimum Gasteiger partial charge on any atom is -0.493 e. The van der Waals surface area contributed by atoms with E-state index in [2.05, 4.69) is 15.5 Å². The molecule has 0 atom stereocenters. The molecule has 0 aliphatic carbocycles. The maximum absolute atomic E-state index is 13.9. The van der Waals surface area contributed by atoms with E-state index in [-0.39, 0.29) is 16.4 Å². The molecule has 220 valence electrons. The van der Waals surface area contributed by atoms with E-state index in [4.69, 9.17) is 23.1 Å². The summed E-state index contributed by atoms with van der Waals surface area (Å²) in [6.45, 7) is 4.09. The smallest absolute Gasteiger partial charge is 0.339 e. The minimum atomic E-state index is -4.37. The van der Waals surface area contributed by atoms with E-state index in [1.54, 1.807) is 14.2 Å². The summed E-state index contributed by atoms with van der Waals surface area (Å²) in [5.41, 5.74) is 4.04. The van der Waals surface area contributed by atoms with Crippen molar-refractivity contribution >= 4 is 20.9 Å². The fourth-order valence-electron chi connectivity index (χ4n) is 5.65. The van der Waals surface area contributed by atoms with Gasteiger partial charge in [0.05, 0.1) is 45.5 Å². The molecule has 0 unspecified atom stereocenters. The van der Waals surface area contributed by atoms with Gasteiger partial charge in [-0.05, 0) is 47.5 Å². The molecule has 42 heavy (non-hydrogen) atoms. The van der Waals surface area contributed by atoms with Crippen LogP contribution >= 0.6 is 0 Å². The predicted molar refractivity (Wildman–Crippen MR) is 153 cm³/mol. The van der Waals surface area contributed by atoms with Crippen LogP contribution in [0, 0.1) is 5.82 Å². The molecule has 0 radical (unpaired) electrons. The summed E-state index contributed by atoms with van der Waals surface area (Å²) in [4.78, 5) is 2.01. The van der Waals surface area contributed by atoms with Crippen LogP contribution in [0.1, 0.15) is 11.1 Å². The highest BCUT2D eigenvalue weighted by Gasteiger charge is 2.30. The van der Waals surface area contributed by atoms with Gasteiger partial charge in [-0.1, -0.05) is 6.07 Å². The monoisotopic (exact) mass is 595 g/mol. The number of hydrogen-bond acceptors (Lipinski definition) is 8. The fraction of sp³-hybridized carbons (Fsp3) is 0.323. The van der Waals surface area contributed by atoms with Gasteiger partial charge >= 0.3 is 10.1 Å². The Labute approximate surface area is 244 Å². The molecule has 2 aliphatic heterocycles. The Morgan fingerprint density at radius 1 is 0.929 bits per heavy atom. The number of nitrogens with zero attached hydrogens (tertiary/aromatic N) is 2. The van der Waals surface area contributed by atoms with Gasteiger partial charge in [0.2, 0.25) is 5.69 Å². The zero-order chi connectivity index (χ0) is 29.4. The van der Waals surface area contributed by atoms with Crippen molar-refractivity contribution in [2.45, 2.75) is 24.4 Å². The van der Waals surface area contributed by atoms with Crippen molar-refractivity contribution in [3.8, 4) is 34.3 Å². The lowest BCUT2D eigenvalue weighted by Crippen LogP contribution is -2.40. The Kier molecular flexibility index (Phi) is 7.65. The van der Waals surface area contributed by atoms with Gasteiger partial charge in [0, 0.05) is 37.5 Å². The van der Waals surface area contributed by atoms with E-state index in [0.717, 1.165) is 53.3 Å². The van der Waals surface area contributed by atoms with Crippen LogP contribution in [0.5, 0.6) is 23.0 Å². The third-order valence-corrected chi connectivity index (χ3v) is 9.01. The van der Waals surface area contributed by atoms with E-state index >= 15 is 0 Å². The molecule has 11 heteroatoms. The number of morpholine rings is 1. The zero-order valence-corrected chi connectivity index (χ0v) is 24.5. The molecule has 4 aromatic rings. The zero-order valence-electron chi connectivity index (χ0n) is 23.7. The number of ether oxygens (including phenoxy) is 4. The largest absolute Gasteiger partial charge is 0.493 e. The Morgan fingerprint density at radius 3 is 2.38 bits per heavy atom. The molecule has 6 rings (SSSR count). The van der Waals surface area contributed by atoms with Crippen LogP contribution in [0.3, 0.4) is 0 Å². The number of halogens is 1. The Bertz CT molecular complexity index is 1770. The van der Waals surface area contributed by atoms with Crippen LogP contribution in [-0.4, -0.2) is 61.0 Å². The molecule has 0 saturated carbocycles. The molecule has 0 amide bonds. The highest BCUT2D eigenvalue weighted by molar-refractivity contribution is 7.87. The van der Waals surface area contributed by atoms with Crippen molar-refractivity contribution in [3.05, 3.63) is 71.7 Å². The standard InChI is InChI=1S/C31H32FN2O7S/c1-37-28-13-20-7-8-34-19-26-24(16-27(34)25(20)17-29(28)38-2)21(18-33-9-11-40-12-10-33)14-30(39-3)31(26)41-42(35,36)23-6-4-5-22(32)15-23/h4-6,13-17,19H,7-12,18H2,1-3H3/q+1. The third-order valence-electron chi connectivity index (χ3n) is 7.79. The van der Waals surface area contributed by atoms with Crippen LogP contribution in [0.2, 0.25) is 0 Å². The molecular weight excluding hydrogens is 563 g/mol. The molecule has 1 fully saturated rings. The van der Waals surface area contributed by atoms with Gasteiger partial charge in [-0.25, -0.2) is 4.39 Å². The topological polar surface area (TPSA) is 87.4 Å². The average molecular weight is 596 g/mol. The SMILES string of the molecule is COc1cc2c(cc1OC)-c1cc3c(CN4CCOCC4)cc(OC)c(OS(=O)(=O)c4cccc(F)c4)c3c[n+]1CC2. The summed E-state index contributed by atoms with van der Waals surface area (Å²) in [5.74, 6) is 0.942. The molecule has 9 nitrogen and oxygen atoms in total. The lowest BCUT2D eigenvalue weighted by molar-refractivity contribution is -0.686. The second kappa shape index (κ2) is 11.4. The first kappa shape index (κ1) is 28.2. The molecule has 3 aromatic carbocycles. The second-order valence-corrected chi connectivity index (χ2v) is 11.8. The average Bonchev–Trinajstić information content (AvgIpc) is 3.01. The van der Waals surface area contributed by atoms with Gasteiger partial charge in [0.1, 0.15) is 10.7 Å². The second-order valence-electron chi connectivity index (χ2n) is 10.2. The summed E-state index contributed by atoms with van der Waals surface area (Å²) in [7, 11) is 0.329. The van der Waals surface area contributed by atoms with Gasteiger partial charge in [-0.2, -0.15) is 13.0 Å². The Hall–Kier alpha value is -3.93. The van der Waals surface area contributed by atoms with E-state index in [9.17, 15) is 12.8 Å². The number of rotatable bonds is 8. The van der Waals surface area contributed by atoms with E-state index < -0.39 is 15.9 Å². The Balaban J connectivity index is 1.56. The summed E-state index contributed by atoms with van der Waals surface area (Å²) >= 11 is 0. The molecular formula is C31H32FN2O7S+. The van der Waals surface area contributed by atoms with Crippen molar-refractivity contribution < 1.29 is 40.5 Å². The number of pyridine rings is 1. The van der Waals surface area contributed by atoms with E-state index in [1.165, 1.54) is 25.3 Å². The fourth-order valence-corrected chi connectivity index (χ4v) is 6.64. The number of aryl methyl sites for hydroxylation is 2. The maximum atomic E-state index is 13.9. The summed E-state index contributed by atoms with van der Waals surface area (Å²) in [5, 5.41) is 1.39. The first-order valence-corrected chi connectivity index (χ1v) is 15.0. The summed E-state index contributed by atoms with van der Waals surface area (Å²) in [6.07, 6.45) is 2.65. The predicted octanol–water partition coefficient (Wildman–Crippen LogP) is 4.12. The van der Waals surface area contributed by atoms with Crippen molar-refractivity contribution in [1.29, 1.82) is 0 Å². The van der Waals surface area contributed by atoms with Gasteiger partial charge in [-0.3, -0.25) is 4.90 Å². The lowest BCUT2D eigenvalue weighted by atomic mass is 9.93. The van der Waals surface area contributed by atoms with Crippen LogP contribution in [0.25, 0.3) is 22.0 Å². The van der Waals surface area contributed by atoms with Gasteiger partial charge in [0.25, 0.3) is 0 Å². The normalized spacial score (nSPS) is 15.1. The van der Waals surface area contributed by atoms with Crippen LogP contribution in [0.15, 0.2) is 59.6 Å². The number of aromatic nitrogens is 1. The summed E-state index contributed by atoms with van der Waals surface area (Å²) < 4.78 is 70.9. The highest BCUT2D eigenvalue weighted by atomic mass is 32.2. The van der Waals surface area contributed by atoms with E-state index in [1.807, 2.05) is 24.4 Å². The van der Waals surface area contributed by atoms with Crippen molar-refractivity contribution in [2.75, 3.05) is 47.6 Å². The van der Waals surface area contributed by atoms with Crippen molar-refractivity contribution in [1.82, 2.24) is 4.90 Å². The van der Waals surface area contributed by atoms with Crippen molar-refractivity contribution in [2.24, 2.45) is 0 Å². The van der Waals surface area contributed by atoms with Crippen LogP contribution < -0.4 is 23.0 Å². The van der Waals surface area contributed by atoms with Crippen molar-refractivity contribution in [3.63, 3.8) is 0 Å². The molecule has 1 saturated heterocycles. The highest BCUT2D eigenvalue weighted by Crippen LogP contribution is 2.43. The molecule has 0 N–H and O–H groups in total. The minimum absolute atomic E-state index is 0.0518. The first-order valence-electron chi connectivity index (χ1n) is 13.6. The van der Waals surface area contributed by atoms with Gasteiger partial charge < -0.3 is 23.1 Å². The molecule has 0 bridgehead atoms. The van der Waals surface area contributed by atoms with E-state index in [0.29, 0.717) is 43.2 Å². The van der Waals surface area contributed by atoms with Gasteiger partial charge in [0.15, 0.2) is 35.7 Å². The third kappa shape index (κ3) is 5.23. The number of fused-ring (bicyclic) bond motifs is 4. The lowest BCUT2D eigenvalue weighted by Gasteiger charge is -2.27. The van der Waals surface area contributed by atoms with Crippen LogP contribution in [-0.2, 0) is 34.4 Å². The maximum Gasteiger partial charge on any atom is 0.339 e. The Morgan fingerprint density at radius 2 is 1.67 bits per heavy atom. The molecule has 2 aliphatic rings. The molecule has 0 spiro atoms. The van der Waals surface area contributed by atoms with Crippen LogP contribution in [0.4, 0.5) is 4.39 Å². The number of benzene rings is 3. The quantitative estimate of drug-likeness (QED) is 0.222. The molecule has 3 heterocycles. The van der Waals surface area contributed by atoms with Gasteiger partial charge in [-0.15, -0.1) is 0 Å².